The molecular weight excluding hydrogens is 546 g/mol. The molecule has 0 aliphatic carbocycles. The fourth-order valence-electron chi connectivity index (χ4n) is 4.67. The molecule has 5 aromatic rings. The van der Waals surface area contributed by atoms with Crippen LogP contribution in [0.15, 0.2) is 147 Å². The van der Waals surface area contributed by atoms with E-state index in [9.17, 15) is 0 Å². The first-order valence-corrected chi connectivity index (χ1v) is 14.3. The van der Waals surface area contributed by atoms with Gasteiger partial charge in [-0.1, -0.05) is 84.4 Å². The third kappa shape index (κ3) is 7.65. The highest BCUT2D eigenvalue weighted by atomic mass is 17.2. The lowest BCUT2D eigenvalue weighted by molar-refractivity contribution is -0.195. The minimum atomic E-state index is 0.304. The summed E-state index contributed by atoms with van der Waals surface area (Å²) in [6, 6.07) is 41.3. The van der Waals surface area contributed by atoms with Crippen molar-refractivity contribution in [3.8, 4) is 11.5 Å². The third-order valence-electron chi connectivity index (χ3n) is 6.93. The molecule has 220 valence electrons. The van der Waals surface area contributed by atoms with Crippen LogP contribution in [0.5, 0.6) is 11.5 Å². The minimum Gasteiger partial charge on any atom is -0.337 e. The predicted molar refractivity (Wildman–Crippen MR) is 179 cm³/mol. The first-order chi connectivity index (χ1) is 21.5. The van der Waals surface area contributed by atoms with E-state index in [1.54, 1.807) is 6.08 Å². The van der Waals surface area contributed by atoms with Gasteiger partial charge in [-0.3, -0.25) is 9.78 Å². The van der Waals surface area contributed by atoms with E-state index in [-0.39, 0.29) is 0 Å². The van der Waals surface area contributed by atoms with Crippen LogP contribution < -0.4 is 14.7 Å². The van der Waals surface area contributed by atoms with Crippen molar-refractivity contribution in [1.82, 2.24) is 0 Å². The molecule has 0 aromatic heterocycles. The van der Waals surface area contributed by atoms with Crippen LogP contribution in [0.3, 0.4) is 0 Å². The van der Waals surface area contributed by atoms with Crippen LogP contribution in [0.4, 0.5) is 17.1 Å². The summed E-state index contributed by atoms with van der Waals surface area (Å²) in [4.78, 5) is 22.8. The van der Waals surface area contributed by atoms with Gasteiger partial charge in [0, 0.05) is 17.1 Å². The second-order valence-electron chi connectivity index (χ2n) is 10.2. The molecule has 0 bridgehead atoms. The zero-order valence-corrected chi connectivity index (χ0v) is 25.0. The van der Waals surface area contributed by atoms with Crippen LogP contribution in [0.25, 0.3) is 11.6 Å². The summed E-state index contributed by atoms with van der Waals surface area (Å²) in [7, 11) is 0. The van der Waals surface area contributed by atoms with E-state index in [2.05, 4.69) is 111 Å². The first kappa shape index (κ1) is 30.0. The molecule has 44 heavy (non-hydrogen) atoms. The lowest BCUT2D eigenvalue weighted by Crippen LogP contribution is -2.09. The van der Waals surface area contributed by atoms with E-state index in [0.29, 0.717) is 18.1 Å². The van der Waals surface area contributed by atoms with E-state index in [1.807, 2.05) is 48.5 Å². The van der Waals surface area contributed by atoms with E-state index >= 15 is 0 Å². The maximum Gasteiger partial charge on any atom is 0.178 e. The zero-order valence-electron chi connectivity index (χ0n) is 25.0. The highest BCUT2D eigenvalue weighted by Gasteiger charge is 2.13. The maximum atomic E-state index is 5.35. The summed E-state index contributed by atoms with van der Waals surface area (Å²) in [5.74, 6) is 1.18. The van der Waals surface area contributed by atoms with Gasteiger partial charge in [0.05, 0.1) is 0 Å². The molecule has 0 heterocycles. The molecule has 0 saturated carbocycles. The highest BCUT2D eigenvalue weighted by Crippen LogP contribution is 2.36. The number of hydrogen-bond donors (Lipinski definition) is 0. The Morgan fingerprint density at radius 1 is 0.591 bits per heavy atom. The molecule has 0 radical (unpaired) electrons. The van der Waals surface area contributed by atoms with Crippen LogP contribution in [0.1, 0.15) is 27.8 Å². The Kier molecular flexibility index (Phi) is 9.93. The first-order valence-electron chi connectivity index (χ1n) is 14.3. The van der Waals surface area contributed by atoms with Crippen molar-refractivity contribution in [2.24, 2.45) is 0 Å². The van der Waals surface area contributed by atoms with Gasteiger partial charge in [0.25, 0.3) is 0 Å². The molecule has 0 atom stereocenters. The fraction of sp³-hybridized carbons (Fsp3) is 0.0769. The molecule has 0 aliphatic rings. The summed E-state index contributed by atoms with van der Waals surface area (Å²) >= 11 is 0. The van der Waals surface area contributed by atoms with Gasteiger partial charge in [-0.05, 0) is 103 Å². The molecular formula is C39H35NO4. The standard InChI is InChI=1S/C39H35NO4/c1-5-27-42-44-38-25-15-33(16-26-38)39(32-13-23-37(24-14-32)43-41-6-2)28-31-11-21-36(22-12-31)40(34-17-7-29(3)8-18-34)35-19-9-30(4)10-20-35/h5-26,28H,1-2,27H2,3-4H3. The summed E-state index contributed by atoms with van der Waals surface area (Å²) in [5.41, 5.74) is 9.84. The van der Waals surface area contributed by atoms with E-state index in [4.69, 9.17) is 19.6 Å². The average Bonchev–Trinajstić information content (AvgIpc) is 3.06. The van der Waals surface area contributed by atoms with Crippen LogP contribution in [-0.4, -0.2) is 6.61 Å². The van der Waals surface area contributed by atoms with Gasteiger partial charge < -0.3 is 9.79 Å². The van der Waals surface area contributed by atoms with Gasteiger partial charge in [0.15, 0.2) is 11.5 Å². The minimum absolute atomic E-state index is 0.304. The summed E-state index contributed by atoms with van der Waals surface area (Å²) in [5, 5.41) is 0. The summed E-state index contributed by atoms with van der Waals surface area (Å²) in [6.45, 7) is 11.7. The second kappa shape index (κ2) is 14.6. The Bertz CT molecular complexity index is 1640. The average molecular weight is 582 g/mol. The van der Waals surface area contributed by atoms with Crippen molar-refractivity contribution in [2.45, 2.75) is 13.8 Å². The molecule has 5 heteroatoms. The molecule has 0 aliphatic heterocycles. The number of hydrogen-bond acceptors (Lipinski definition) is 5. The van der Waals surface area contributed by atoms with Crippen LogP contribution in [0.2, 0.25) is 0 Å². The van der Waals surface area contributed by atoms with Gasteiger partial charge in [0.2, 0.25) is 0 Å². The largest absolute Gasteiger partial charge is 0.337 e. The number of nitrogens with zero attached hydrogens (tertiary/aromatic N) is 1. The third-order valence-corrected chi connectivity index (χ3v) is 6.93. The van der Waals surface area contributed by atoms with Crippen molar-refractivity contribution in [3.05, 3.63) is 175 Å². The Hall–Kier alpha value is -5.52. The molecule has 5 nitrogen and oxygen atoms in total. The van der Waals surface area contributed by atoms with Gasteiger partial charge in [-0.15, -0.1) is 6.58 Å². The van der Waals surface area contributed by atoms with Gasteiger partial charge >= 0.3 is 0 Å². The van der Waals surface area contributed by atoms with Gasteiger partial charge in [0.1, 0.15) is 12.9 Å². The number of benzene rings is 5. The Balaban J connectivity index is 1.50. The van der Waals surface area contributed by atoms with Crippen LogP contribution in [-0.2, 0) is 9.78 Å². The molecule has 0 fully saturated rings. The molecule has 0 N–H and O–H groups in total. The molecule has 5 aromatic carbocycles. The number of rotatable bonds is 13. The van der Waals surface area contributed by atoms with E-state index < -0.39 is 0 Å². The van der Waals surface area contributed by atoms with E-state index in [1.165, 1.54) is 17.4 Å². The lowest BCUT2D eigenvalue weighted by Gasteiger charge is -2.26. The normalized spacial score (nSPS) is 11.0. The zero-order chi connectivity index (χ0) is 30.7. The van der Waals surface area contributed by atoms with Crippen molar-refractivity contribution in [1.29, 1.82) is 0 Å². The monoisotopic (exact) mass is 581 g/mol. The van der Waals surface area contributed by atoms with Crippen molar-refractivity contribution >= 4 is 28.7 Å². The van der Waals surface area contributed by atoms with Gasteiger partial charge in [-0.2, -0.15) is 4.89 Å². The molecule has 0 unspecified atom stereocenters. The lowest BCUT2D eigenvalue weighted by atomic mass is 9.95. The van der Waals surface area contributed by atoms with Crippen LogP contribution in [0, 0.1) is 13.8 Å². The summed E-state index contributed by atoms with van der Waals surface area (Å²) < 4.78 is 0. The predicted octanol–water partition coefficient (Wildman–Crippen LogP) is 10.3. The Labute approximate surface area is 259 Å². The SMILES string of the molecule is C=CCOOc1ccc(C(=Cc2ccc(N(c3ccc(C)cc3)c3ccc(C)cc3)cc2)c2ccc(OOC=C)cc2)cc1. The highest BCUT2D eigenvalue weighted by molar-refractivity contribution is 5.92. The van der Waals surface area contributed by atoms with Crippen molar-refractivity contribution in [3.63, 3.8) is 0 Å². The van der Waals surface area contributed by atoms with Crippen molar-refractivity contribution < 1.29 is 19.6 Å². The second-order valence-corrected chi connectivity index (χ2v) is 10.2. The van der Waals surface area contributed by atoms with E-state index in [0.717, 1.165) is 39.3 Å². The molecule has 0 amide bonds. The van der Waals surface area contributed by atoms with Crippen LogP contribution >= 0.6 is 0 Å². The van der Waals surface area contributed by atoms with Gasteiger partial charge in [-0.25, -0.2) is 0 Å². The number of aryl methyl sites for hydroxylation is 2. The molecule has 5 rings (SSSR count). The maximum absolute atomic E-state index is 5.35. The van der Waals surface area contributed by atoms with Crippen molar-refractivity contribution in [2.75, 3.05) is 11.5 Å². The Morgan fingerprint density at radius 2 is 1.05 bits per heavy atom. The number of anilines is 3. The topological polar surface area (TPSA) is 40.2 Å². The smallest absolute Gasteiger partial charge is 0.178 e. The Morgan fingerprint density at radius 3 is 1.50 bits per heavy atom. The molecule has 0 spiro atoms. The quantitative estimate of drug-likeness (QED) is 0.0345. The summed E-state index contributed by atoms with van der Waals surface area (Å²) in [6.07, 6.45) is 5.05. The fourth-order valence-corrected chi connectivity index (χ4v) is 4.67. The molecule has 0 saturated heterocycles.